The van der Waals surface area contributed by atoms with Crippen LogP contribution in [-0.2, 0) is 16.5 Å². The van der Waals surface area contributed by atoms with Crippen molar-refractivity contribution in [1.29, 1.82) is 0 Å². The fourth-order valence-corrected chi connectivity index (χ4v) is 1.75. The van der Waals surface area contributed by atoms with Crippen LogP contribution in [0.5, 0.6) is 0 Å². The summed E-state index contributed by atoms with van der Waals surface area (Å²) in [5, 5.41) is 0. The van der Waals surface area contributed by atoms with E-state index in [1.807, 2.05) is 0 Å². The topological polar surface area (TPSA) is 57.2 Å². The molecular weight excluding hydrogens is 235 g/mol. The van der Waals surface area contributed by atoms with Gasteiger partial charge in [0.15, 0.2) is 0 Å². The molecule has 0 bridgehead atoms. The van der Waals surface area contributed by atoms with Crippen molar-refractivity contribution < 1.29 is 42.5 Å². The first-order chi connectivity index (χ1) is 6.89. The van der Waals surface area contributed by atoms with Gasteiger partial charge in [0, 0.05) is 0 Å². The van der Waals surface area contributed by atoms with Crippen molar-refractivity contribution >= 4 is 10.1 Å². The number of rotatable bonds is 4. The molecule has 0 atom stereocenters. The summed E-state index contributed by atoms with van der Waals surface area (Å²) in [5.74, 6) is 0.618. The van der Waals surface area contributed by atoms with E-state index in [9.17, 15) is 13.0 Å². The van der Waals surface area contributed by atoms with Gasteiger partial charge in [0.05, 0.1) is 4.90 Å². The third-order valence-corrected chi connectivity index (χ3v) is 3.07. The van der Waals surface area contributed by atoms with Crippen molar-refractivity contribution in [2.24, 2.45) is 5.92 Å². The Morgan fingerprint density at radius 1 is 1.19 bits per heavy atom. The molecule has 0 N–H and O–H groups in total. The van der Waals surface area contributed by atoms with Gasteiger partial charge in [-0.3, -0.25) is 0 Å². The molecule has 0 saturated heterocycles. The fraction of sp³-hybridized carbons (Fsp3) is 0.455. The Morgan fingerprint density at radius 3 is 2.06 bits per heavy atom. The molecule has 3 nitrogen and oxygen atoms in total. The van der Waals surface area contributed by atoms with E-state index in [0.29, 0.717) is 5.92 Å². The number of hydrogen-bond donors (Lipinski definition) is 0. The minimum Gasteiger partial charge on any atom is -0.744 e. The zero-order chi connectivity index (χ0) is 11.5. The van der Waals surface area contributed by atoms with Gasteiger partial charge in [0.2, 0.25) is 0 Å². The van der Waals surface area contributed by atoms with Crippen LogP contribution in [0.1, 0.15) is 25.8 Å². The summed E-state index contributed by atoms with van der Waals surface area (Å²) in [7, 11) is -4.30. The van der Waals surface area contributed by atoms with E-state index in [2.05, 4.69) is 13.8 Å². The van der Waals surface area contributed by atoms with Gasteiger partial charge in [0.25, 0.3) is 0 Å². The van der Waals surface area contributed by atoms with Crippen molar-refractivity contribution in [3.63, 3.8) is 0 Å². The molecule has 0 unspecified atom stereocenters. The predicted octanol–water partition coefficient (Wildman–Crippen LogP) is -0.817. The van der Waals surface area contributed by atoms with Gasteiger partial charge in [-0.2, -0.15) is 0 Å². The van der Waals surface area contributed by atoms with E-state index < -0.39 is 10.1 Å². The Hall–Kier alpha value is 0.130. The molecule has 0 aliphatic rings. The maximum atomic E-state index is 10.7. The molecule has 0 radical (unpaired) electrons. The first-order valence-electron chi connectivity index (χ1n) is 4.94. The third kappa shape index (κ3) is 5.46. The summed E-state index contributed by atoms with van der Waals surface area (Å²) in [4.78, 5) is -0.157. The molecule has 0 amide bonds. The molecule has 0 saturated carbocycles. The van der Waals surface area contributed by atoms with E-state index in [1.165, 1.54) is 12.1 Å². The van der Waals surface area contributed by atoms with Crippen LogP contribution in [0.15, 0.2) is 29.2 Å². The fourth-order valence-electron chi connectivity index (χ4n) is 1.28. The number of hydrogen-bond acceptors (Lipinski definition) is 3. The Kier molecular flexibility index (Phi) is 6.82. The van der Waals surface area contributed by atoms with Crippen LogP contribution in [-0.4, -0.2) is 13.0 Å². The monoisotopic (exact) mass is 250 g/mol. The van der Waals surface area contributed by atoms with Crippen LogP contribution < -0.4 is 29.6 Å². The molecule has 0 fully saturated rings. The number of benzene rings is 1. The minimum atomic E-state index is -4.30. The Labute approximate surface area is 119 Å². The molecule has 0 aliphatic carbocycles. The third-order valence-electron chi connectivity index (χ3n) is 2.22. The number of aryl methyl sites for hydroxylation is 1. The molecule has 0 aromatic heterocycles. The molecular formula is C11H15NaO3S. The summed E-state index contributed by atoms with van der Waals surface area (Å²) >= 11 is 0. The summed E-state index contributed by atoms with van der Waals surface area (Å²) in [5.41, 5.74) is 1.07. The van der Waals surface area contributed by atoms with Gasteiger partial charge >= 0.3 is 29.6 Å². The molecule has 0 heterocycles. The normalized spacial score (nSPS) is 11.2. The zero-order valence-electron chi connectivity index (χ0n) is 9.93. The maximum absolute atomic E-state index is 10.7. The van der Waals surface area contributed by atoms with E-state index in [4.69, 9.17) is 0 Å². The van der Waals surface area contributed by atoms with Crippen LogP contribution in [0.3, 0.4) is 0 Å². The average Bonchev–Trinajstić information content (AvgIpc) is 2.14. The van der Waals surface area contributed by atoms with Crippen molar-refractivity contribution in [2.45, 2.75) is 31.6 Å². The van der Waals surface area contributed by atoms with Crippen molar-refractivity contribution in [2.75, 3.05) is 0 Å². The summed E-state index contributed by atoms with van der Waals surface area (Å²) in [6.07, 6.45) is 1.97. The smallest absolute Gasteiger partial charge is 0.744 e. The van der Waals surface area contributed by atoms with E-state index >= 15 is 0 Å². The van der Waals surface area contributed by atoms with Crippen LogP contribution in [0.4, 0.5) is 0 Å². The van der Waals surface area contributed by atoms with Crippen LogP contribution >= 0.6 is 0 Å². The molecule has 5 heteroatoms. The van der Waals surface area contributed by atoms with Crippen molar-refractivity contribution in [3.8, 4) is 0 Å². The molecule has 16 heavy (non-hydrogen) atoms. The predicted molar refractivity (Wildman–Crippen MR) is 57.6 cm³/mol. The van der Waals surface area contributed by atoms with Gasteiger partial charge in [-0.1, -0.05) is 26.0 Å². The second kappa shape index (κ2) is 6.77. The second-order valence-electron chi connectivity index (χ2n) is 4.03. The van der Waals surface area contributed by atoms with Gasteiger partial charge in [-0.05, 0) is 36.5 Å². The Bertz CT molecular complexity index is 409. The standard InChI is InChI=1S/C11H16O3S.Na/c1-9(2)3-4-10-5-7-11(8-6-10)15(12,13)14;/h5-9H,3-4H2,1-2H3,(H,12,13,14);/q;+1/p-1. The molecule has 1 aromatic rings. The first-order valence-corrected chi connectivity index (χ1v) is 6.35. The molecule has 1 rings (SSSR count). The van der Waals surface area contributed by atoms with E-state index in [0.717, 1.165) is 18.4 Å². The largest absolute Gasteiger partial charge is 1.00 e. The van der Waals surface area contributed by atoms with Gasteiger partial charge in [0.1, 0.15) is 10.1 Å². The Morgan fingerprint density at radius 2 is 1.69 bits per heavy atom. The van der Waals surface area contributed by atoms with Gasteiger partial charge < -0.3 is 4.55 Å². The minimum absolute atomic E-state index is 0. The quantitative estimate of drug-likeness (QED) is 0.518. The molecule has 84 valence electrons. The van der Waals surface area contributed by atoms with Crippen LogP contribution in [0.2, 0.25) is 0 Å². The van der Waals surface area contributed by atoms with E-state index in [1.54, 1.807) is 12.1 Å². The molecule has 0 aliphatic heterocycles. The average molecular weight is 250 g/mol. The van der Waals surface area contributed by atoms with Gasteiger partial charge in [-0.15, -0.1) is 0 Å². The Balaban J connectivity index is 0.00000225. The van der Waals surface area contributed by atoms with Crippen molar-refractivity contribution in [3.05, 3.63) is 29.8 Å². The maximum Gasteiger partial charge on any atom is 1.00 e. The van der Waals surface area contributed by atoms with Crippen LogP contribution in [0.25, 0.3) is 0 Å². The SMILES string of the molecule is CC(C)CCc1ccc(S(=O)(=O)[O-])cc1.[Na+]. The first kappa shape index (κ1) is 16.1. The van der Waals surface area contributed by atoms with Gasteiger partial charge in [-0.25, -0.2) is 8.42 Å². The summed E-state index contributed by atoms with van der Waals surface area (Å²) in [6.45, 7) is 4.27. The molecule has 1 aromatic carbocycles. The summed E-state index contributed by atoms with van der Waals surface area (Å²) in [6, 6.07) is 6.15. The van der Waals surface area contributed by atoms with Crippen LogP contribution in [0, 0.1) is 5.92 Å². The second-order valence-corrected chi connectivity index (χ2v) is 5.41. The van der Waals surface area contributed by atoms with Crippen molar-refractivity contribution in [1.82, 2.24) is 0 Å². The zero-order valence-corrected chi connectivity index (χ0v) is 12.8. The molecule has 0 spiro atoms. The van der Waals surface area contributed by atoms with E-state index in [-0.39, 0.29) is 34.5 Å². The summed E-state index contributed by atoms with van der Waals surface area (Å²) < 4.78 is 32.0.